The Morgan fingerprint density at radius 2 is 1.96 bits per heavy atom. The highest BCUT2D eigenvalue weighted by molar-refractivity contribution is 6.01. The highest BCUT2D eigenvalue weighted by Gasteiger charge is 2.34. The lowest BCUT2D eigenvalue weighted by Gasteiger charge is -2.29. The minimum atomic E-state index is -0.556. The Balaban J connectivity index is 1.60. The number of halogens is 1. The van der Waals surface area contributed by atoms with E-state index in [0.717, 1.165) is 24.0 Å². The highest BCUT2D eigenvalue weighted by atomic mass is 19.1. The average Bonchev–Trinajstić information content (AvgIpc) is 3.20. The molecule has 3 atom stereocenters. The second kappa shape index (κ2) is 7.48. The molecule has 0 aliphatic carbocycles. The summed E-state index contributed by atoms with van der Waals surface area (Å²) < 4.78 is 19.1. The number of fused-ring (bicyclic) bond motifs is 1. The van der Waals surface area contributed by atoms with E-state index in [0.29, 0.717) is 12.3 Å². The van der Waals surface area contributed by atoms with Crippen molar-refractivity contribution in [1.82, 2.24) is 5.32 Å². The molecule has 0 bridgehead atoms. The van der Waals surface area contributed by atoms with Crippen LogP contribution in [-0.2, 0) is 14.3 Å². The maximum absolute atomic E-state index is 13.3. The lowest BCUT2D eigenvalue weighted by Crippen LogP contribution is -2.41. The van der Waals surface area contributed by atoms with E-state index in [1.807, 2.05) is 18.2 Å². The molecule has 4 rings (SSSR count). The maximum Gasteiger partial charge on any atom is 0.228 e. The number of hydrogen-bond donors (Lipinski definition) is 2. The number of ether oxygens (including phenoxy) is 1. The number of hydrogen-bond acceptors (Lipinski definition) is 3. The van der Waals surface area contributed by atoms with Gasteiger partial charge in [-0.2, -0.15) is 0 Å². The Kier molecular flexibility index (Phi) is 4.90. The van der Waals surface area contributed by atoms with E-state index < -0.39 is 5.92 Å². The topological polar surface area (TPSA) is 67.4 Å². The van der Waals surface area contributed by atoms with Gasteiger partial charge in [0.2, 0.25) is 11.8 Å². The number of para-hydroxylation sites is 1. The maximum atomic E-state index is 13.3. The molecule has 0 saturated carbocycles. The summed E-state index contributed by atoms with van der Waals surface area (Å²) in [4.78, 5) is 25.1. The van der Waals surface area contributed by atoms with Crippen molar-refractivity contribution in [2.75, 3.05) is 11.9 Å². The van der Waals surface area contributed by atoms with Crippen molar-refractivity contribution in [2.45, 2.75) is 37.3 Å². The van der Waals surface area contributed by atoms with Gasteiger partial charge in [-0.3, -0.25) is 9.59 Å². The van der Waals surface area contributed by atoms with Crippen LogP contribution in [0.4, 0.5) is 10.1 Å². The first kappa shape index (κ1) is 17.7. The van der Waals surface area contributed by atoms with Gasteiger partial charge in [0.05, 0.1) is 18.1 Å². The summed E-state index contributed by atoms with van der Waals surface area (Å²) in [6, 6.07) is 13.1. The zero-order chi connectivity index (χ0) is 18.8. The van der Waals surface area contributed by atoms with Crippen molar-refractivity contribution >= 4 is 17.5 Å². The van der Waals surface area contributed by atoms with Crippen molar-refractivity contribution in [3.63, 3.8) is 0 Å². The van der Waals surface area contributed by atoms with Crippen molar-refractivity contribution < 1.29 is 18.7 Å². The minimum absolute atomic E-state index is 0.102. The van der Waals surface area contributed by atoms with Crippen LogP contribution in [0, 0.1) is 5.82 Å². The molecule has 2 amide bonds. The number of benzene rings is 2. The predicted molar refractivity (Wildman–Crippen MR) is 98.7 cm³/mol. The lowest BCUT2D eigenvalue weighted by molar-refractivity contribution is -0.127. The van der Waals surface area contributed by atoms with Gasteiger partial charge in [0.1, 0.15) is 5.82 Å². The molecule has 2 heterocycles. The molecule has 2 aromatic rings. The van der Waals surface area contributed by atoms with Gasteiger partial charge in [-0.1, -0.05) is 30.3 Å². The van der Waals surface area contributed by atoms with Gasteiger partial charge in [0.15, 0.2) is 0 Å². The Morgan fingerprint density at radius 3 is 2.70 bits per heavy atom. The van der Waals surface area contributed by atoms with Crippen molar-refractivity contribution in [3.8, 4) is 0 Å². The Morgan fingerprint density at radius 1 is 1.19 bits per heavy atom. The van der Waals surface area contributed by atoms with Crippen LogP contribution in [0.15, 0.2) is 48.5 Å². The van der Waals surface area contributed by atoms with E-state index in [-0.39, 0.29) is 36.2 Å². The standard InChI is InChI=1S/C21H21FN2O3/c22-14-9-7-13(8-10-14)20(18-6-3-11-27-18)24-21(26)16-12-19(25)23-17-5-2-1-4-15(16)17/h1-2,4-5,7-10,16,18,20H,3,6,11-12H2,(H,23,25)(H,24,26)/t16-,18+,20+/m0/s1. The zero-order valence-electron chi connectivity index (χ0n) is 14.8. The second-order valence-corrected chi connectivity index (χ2v) is 6.98. The van der Waals surface area contributed by atoms with Crippen LogP contribution in [0.3, 0.4) is 0 Å². The lowest BCUT2D eigenvalue weighted by atomic mass is 9.89. The molecule has 2 aliphatic heterocycles. The van der Waals surface area contributed by atoms with Crippen LogP contribution in [0.1, 0.15) is 42.3 Å². The molecule has 27 heavy (non-hydrogen) atoms. The molecule has 2 aliphatic rings. The molecule has 1 saturated heterocycles. The summed E-state index contributed by atoms with van der Waals surface area (Å²) in [5.41, 5.74) is 2.27. The number of anilines is 1. The van der Waals surface area contributed by atoms with Gasteiger partial charge >= 0.3 is 0 Å². The van der Waals surface area contributed by atoms with Gasteiger partial charge in [-0.25, -0.2) is 4.39 Å². The van der Waals surface area contributed by atoms with Crippen LogP contribution in [-0.4, -0.2) is 24.5 Å². The molecule has 0 unspecified atom stereocenters. The Labute approximate surface area is 156 Å². The van der Waals surface area contributed by atoms with E-state index in [1.54, 1.807) is 18.2 Å². The molecule has 2 N–H and O–H groups in total. The van der Waals surface area contributed by atoms with E-state index in [4.69, 9.17) is 4.74 Å². The van der Waals surface area contributed by atoms with Crippen molar-refractivity contribution in [2.24, 2.45) is 0 Å². The third-order valence-corrected chi connectivity index (χ3v) is 5.18. The quantitative estimate of drug-likeness (QED) is 0.870. The predicted octanol–water partition coefficient (Wildman–Crippen LogP) is 3.29. The fourth-order valence-corrected chi connectivity index (χ4v) is 3.83. The van der Waals surface area contributed by atoms with Gasteiger partial charge in [0, 0.05) is 18.7 Å². The molecular formula is C21H21FN2O3. The van der Waals surface area contributed by atoms with Gasteiger partial charge in [0.25, 0.3) is 0 Å². The first-order valence-corrected chi connectivity index (χ1v) is 9.18. The molecular weight excluding hydrogens is 347 g/mol. The number of amides is 2. The third-order valence-electron chi connectivity index (χ3n) is 5.18. The number of nitrogens with one attached hydrogen (secondary N) is 2. The smallest absolute Gasteiger partial charge is 0.228 e. The molecule has 1 fully saturated rings. The summed E-state index contributed by atoms with van der Waals surface area (Å²) in [7, 11) is 0. The molecule has 2 aromatic carbocycles. The van der Waals surface area contributed by atoms with Crippen LogP contribution in [0.25, 0.3) is 0 Å². The molecule has 0 spiro atoms. The summed E-state index contributed by atoms with van der Waals surface area (Å²) in [5, 5.41) is 5.87. The van der Waals surface area contributed by atoms with Crippen LogP contribution in [0.2, 0.25) is 0 Å². The van der Waals surface area contributed by atoms with Crippen LogP contribution in [0.5, 0.6) is 0 Å². The largest absolute Gasteiger partial charge is 0.376 e. The van der Waals surface area contributed by atoms with E-state index in [2.05, 4.69) is 10.6 Å². The van der Waals surface area contributed by atoms with Crippen molar-refractivity contribution in [3.05, 3.63) is 65.5 Å². The normalized spacial score (nSPS) is 22.6. The summed E-state index contributed by atoms with van der Waals surface area (Å²) >= 11 is 0. The number of carbonyl (C=O) groups is 2. The van der Waals surface area contributed by atoms with Crippen LogP contribution < -0.4 is 10.6 Å². The zero-order valence-corrected chi connectivity index (χ0v) is 14.8. The summed E-state index contributed by atoms with van der Waals surface area (Å²) in [5.74, 6) is -1.28. The fraction of sp³-hybridized carbons (Fsp3) is 0.333. The molecule has 5 nitrogen and oxygen atoms in total. The second-order valence-electron chi connectivity index (χ2n) is 6.98. The van der Waals surface area contributed by atoms with Gasteiger partial charge in [-0.15, -0.1) is 0 Å². The first-order chi connectivity index (χ1) is 13.1. The highest BCUT2D eigenvalue weighted by Crippen LogP contribution is 2.34. The summed E-state index contributed by atoms with van der Waals surface area (Å²) in [6.45, 7) is 0.646. The molecule has 0 radical (unpaired) electrons. The van der Waals surface area contributed by atoms with E-state index in [9.17, 15) is 14.0 Å². The average molecular weight is 368 g/mol. The number of rotatable bonds is 4. The van der Waals surface area contributed by atoms with Gasteiger partial charge in [-0.05, 0) is 42.2 Å². The third kappa shape index (κ3) is 3.71. The summed E-state index contributed by atoms with van der Waals surface area (Å²) in [6.07, 6.45) is 1.69. The monoisotopic (exact) mass is 368 g/mol. The first-order valence-electron chi connectivity index (χ1n) is 9.18. The Hall–Kier alpha value is -2.73. The van der Waals surface area contributed by atoms with E-state index >= 15 is 0 Å². The minimum Gasteiger partial charge on any atom is -0.376 e. The molecule has 140 valence electrons. The SMILES string of the molecule is O=C1C[C@H](C(=O)N[C@H](c2ccc(F)cc2)[C@H]2CCCO2)c2ccccc2N1. The molecule has 0 aromatic heterocycles. The Bertz CT molecular complexity index is 847. The number of carbonyl (C=O) groups excluding carboxylic acids is 2. The molecule has 6 heteroatoms. The fourth-order valence-electron chi connectivity index (χ4n) is 3.83. The van der Waals surface area contributed by atoms with Crippen LogP contribution >= 0.6 is 0 Å². The van der Waals surface area contributed by atoms with E-state index in [1.165, 1.54) is 12.1 Å². The van der Waals surface area contributed by atoms with Crippen molar-refractivity contribution in [1.29, 1.82) is 0 Å². The van der Waals surface area contributed by atoms with Gasteiger partial charge < -0.3 is 15.4 Å².